The van der Waals surface area contributed by atoms with Crippen molar-refractivity contribution >= 4 is 29.9 Å². The van der Waals surface area contributed by atoms with Crippen LogP contribution in [0.15, 0.2) is 47.5 Å². The molecule has 0 bridgehead atoms. The quantitative estimate of drug-likeness (QED) is 0.360. The lowest BCUT2D eigenvalue weighted by Gasteiger charge is -2.10. The summed E-state index contributed by atoms with van der Waals surface area (Å²) in [6, 6.07) is 11.3. The molecule has 9 heteroatoms. The first-order chi connectivity index (χ1) is 12.3. The van der Waals surface area contributed by atoms with Crippen molar-refractivity contribution in [1.29, 1.82) is 0 Å². The van der Waals surface area contributed by atoms with Gasteiger partial charge in [-0.3, -0.25) is 0 Å². The summed E-state index contributed by atoms with van der Waals surface area (Å²) in [5.41, 5.74) is 8.54. The van der Waals surface area contributed by atoms with E-state index in [1.54, 1.807) is 7.11 Å². The second-order valence-electron chi connectivity index (χ2n) is 5.55. The SMILES string of the molecule is COc1cc(CN=C(N)NCc2ccc(OC(F)(F)F)cc2)ccc1C.I. The van der Waals surface area contributed by atoms with Crippen molar-refractivity contribution in [3.05, 3.63) is 59.2 Å². The van der Waals surface area contributed by atoms with Crippen LogP contribution in [0.3, 0.4) is 0 Å². The van der Waals surface area contributed by atoms with Gasteiger partial charge >= 0.3 is 6.36 Å². The van der Waals surface area contributed by atoms with Gasteiger partial charge in [-0.25, -0.2) is 4.99 Å². The van der Waals surface area contributed by atoms with E-state index < -0.39 is 6.36 Å². The summed E-state index contributed by atoms with van der Waals surface area (Å²) in [7, 11) is 1.61. The summed E-state index contributed by atoms with van der Waals surface area (Å²) in [6.07, 6.45) is -4.70. The molecule has 148 valence electrons. The largest absolute Gasteiger partial charge is 0.573 e. The molecule has 2 rings (SSSR count). The zero-order valence-corrected chi connectivity index (χ0v) is 17.2. The van der Waals surface area contributed by atoms with Crippen molar-refractivity contribution in [3.8, 4) is 11.5 Å². The molecular formula is C18H21F3IN3O2. The summed E-state index contributed by atoms with van der Waals surface area (Å²) in [5, 5.41) is 2.91. The fourth-order valence-electron chi connectivity index (χ4n) is 2.20. The van der Waals surface area contributed by atoms with Crippen molar-refractivity contribution in [3.63, 3.8) is 0 Å². The first kappa shape index (κ1) is 22.9. The predicted octanol–water partition coefficient (Wildman–Crippen LogP) is 4.12. The number of nitrogens with zero attached hydrogens (tertiary/aromatic N) is 1. The molecule has 5 nitrogen and oxygen atoms in total. The van der Waals surface area contributed by atoms with Gasteiger partial charge in [-0.1, -0.05) is 24.3 Å². The Kier molecular flexibility index (Phi) is 8.67. The number of hydrogen-bond acceptors (Lipinski definition) is 3. The maximum absolute atomic E-state index is 12.1. The molecule has 2 aromatic rings. The molecule has 0 radical (unpaired) electrons. The first-order valence-electron chi connectivity index (χ1n) is 7.79. The summed E-state index contributed by atoms with van der Waals surface area (Å²) < 4.78 is 45.4. The van der Waals surface area contributed by atoms with Crippen LogP contribution in [0.2, 0.25) is 0 Å². The molecule has 0 fully saturated rings. The highest BCUT2D eigenvalue weighted by Gasteiger charge is 2.30. The maximum atomic E-state index is 12.1. The van der Waals surface area contributed by atoms with Gasteiger partial charge in [0.1, 0.15) is 11.5 Å². The summed E-state index contributed by atoms with van der Waals surface area (Å²) in [6.45, 7) is 2.67. The minimum atomic E-state index is -4.70. The molecule has 0 saturated carbocycles. The molecule has 0 aromatic heterocycles. The van der Waals surface area contributed by atoms with Crippen LogP contribution in [-0.2, 0) is 13.1 Å². The Balaban J connectivity index is 0.00000364. The number of benzene rings is 2. The predicted molar refractivity (Wildman–Crippen MR) is 108 cm³/mol. The molecule has 0 atom stereocenters. The fourth-order valence-corrected chi connectivity index (χ4v) is 2.20. The number of ether oxygens (including phenoxy) is 2. The Morgan fingerprint density at radius 2 is 1.74 bits per heavy atom. The lowest BCUT2D eigenvalue weighted by atomic mass is 10.1. The van der Waals surface area contributed by atoms with E-state index in [0.29, 0.717) is 13.1 Å². The zero-order chi connectivity index (χ0) is 19.2. The van der Waals surface area contributed by atoms with Crippen LogP contribution in [0.4, 0.5) is 13.2 Å². The van der Waals surface area contributed by atoms with Gasteiger partial charge in [0.05, 0.1) is 13.7 Å². The average molecular weight is 495 g/mol. The number of methoxy groups -OCH3 is 1. The number of aryl methyl sites for hydroxylation is 1. The zero-order valence-electron chi connectivity index (χ0n) is 14.8. The van der Waals surface area contributed by atoms with Gasteiger partial charge < -0.3 is 20.5 Å². The van der Waals surface area contributed by atoms with Crippen molar-refractivity contribution in [1.82, 2.24) is 5.32 Å². The topological polar surface area (TPSA) is 68.9 Å². The third-order valence-corrected chi connectivity index (χ3v) is 3.54. The van der Waals surface area contributed by atoms with Crippen molar-refractivity contribution in [2.45, 2.75) is 26.4 Å². The summed E-state index contributed by atoms with van der Waals surface area (Å²) in [5.74, 6) is 0.752. The monoisotopic (exact) mass is 495 g/mol. The highest BCUT2D eigenvalue weighted by atomic mass is 127. The Morgan fingerprint density at radius 1 is 1.11 bits per heavy atom. The summed E-state index contributed by atoms with van der Waals surface area (Å²) in [4.78, 5) is 4.23. The average Bonchev–Trinajstić information content (AvgIpc) is 2.59. The molecule has 2 aromatic carbocycles. The van der Waals surface area contributed by atoms with Gasteiger partial charge in [-0.05, 0) is 41.8 Å². The minimum Gasteiger partial charge on any atom is -0.496 e. The van der Waals surface area contributed by atoms with Crippen LogP contribution in [0.25, 0.3) is 0 Å². The summed E-state index contributed by atoms with van der Waals surface area (Å²) >= 11 is 0. The second kappa shape index (κ2) is 10.2. The Labute approximate surface area is 172 Å². The van der Waals surface area contributed by atoms with Gasteiger partial charge in [-0.2, -0.15) is 0 Å². The van der Waals surface area contributed by atoms with Gasteiger partial charge in [0.2, 0.25) is 0 Å². The highest BCUT2D eigenvalue weighted by molar-refractivity contribution is 14.0. The van der Waals surface area contributed by atoms with Crippen LogP contribution >= 0.6 is 24.0 Å². The van der Waals surface area contributed by atoms with E-state index >= 15 is 0 Å². The first-order valence-corrected chi connectivity index (χ1v) is 7.79. The van der Waals surface area contributed by atoms with Crippen LogP contribution in [-0.4, -0.2) is 19.4 Å². The minimum absolute atomic E-state index is 0. The number of alkyl halides is 3. The second-order valence-corrected chi connectivity index (χ2v) is 5.55. The van der Waals surface area contributed by atoms with E-state index in [1.165, 1.54) is 24.3 Å². The number of aliphatic imine (C=N–C) groups is 1. The van der Waals surface area contributed by atoms with E-state index in [4.69, 9.17) is 10.5 Å². The van der Waals surface area contributed by atoms with E-state index in [-0.39, 0.29) is 35.7 Å². The molecule has 0 saturated heterocycles. The number of rotatable bonds is 6. The highest BCUT2D eigenvalue weighted by Crippen LogP contribution is 2.22. The maximum Gasteiger partial charge on any atom is 0.573 e. The van der Waals surface area contributed by atoms with E-state index in [2.05, 4.69) is 15.0 Å². The van der Waals surface area contributed by atoms with Gasteiger partial charge in [0.15, 0.2) is 5.96 Å². The van der Waals surface area contributed by atoms with Gasteiger partial charge in [0.25, 0.3) is 0 Å². The molecule has 27 heavy (non-hydrogen) atoms. The van der Waals surface area contributed by atoms with Gasteiger partial charge in [0, 0.05) is 6.54 Å². The van der Waals surface area contributed by atoms with Crippen LogP contribution in [0.5, 0.6) is 11.5 Å². The molecule has 0 amide bonds. The third kappa shape index (κ3) is 7.94. The molecule has 0 aliphatic rings. The van der Waals surface area contributed by atoms with Crippen molar-refractivity contribution in [2.75, 3.05) is 7.11 Å². The van der Waals surface area contributed by atoms with Crippen LogP contribution in [0.1, 0.15) is 16.7 Å². The Morgan fingerprint density at radius 3 is 2.33 bits per heavy atom. The normalized spacial score (nSPS) is 11.5. The molecule has 0 heterocycles. The molecule has 0 aliphatic heterocycles. The lowest BCUT2D eigenvalue weighted by Crippen LogP contribution is -2.31. The molecule has 0 aliphatic carbocycles. The molecular weight excluding hydrogens is 474 g/mol. The molecule has 0 unspecified atom stereocenters. The van der Waals surface area contributed by atoms with Gasteiger partial charge in [-0.15, -0.1) is 37.1 Å². The lowest BCUT2D eigenvalue weighted by molar-refractivity contribution is -0.274. The van der Waals surface area contributed by atoms with E-state index in [9.17, 15) is 13.2 Å². The van der Waals surface area contributed by atoms with Crippen molar-refractivity contribution < 1.29 is 22.6 Å². The number of hydrogen-bond donors (Lipinski definition) is 2. The number of nitrogens with two attached hydrogens (primary N) is 1. The van der Waals surface area contributed by atoms with E-state index in [0.717, 1.165) is 22.4 Å². The van der Waals surface area contributed by atoms with Crippen LogP contribution in [0, 0.1) is 6.92 Å². The number of halogens is 4. The smallest absolute Gasteiger partial charge is 0.496 e. The number of nitrogens with one attached hydrogen (secondary N) is 1. The standard InChI is InChI=1S/C18H20F3N3O2.HI/c1-12-3-4-14(9-16(12)25-2)11-24-17(22)23-10-13-5-7-15(8-6-13)26-18(19,20)21;/h3-9H,10-11H2,1-2H3,(H3,22,23,24);1H. The van der Waals surface area contributed by atoms with Crippen molar-refractivity contribution in [2.24, 2.45) is 10.7 Å². The van der Waals surface area contributed by atoms with Crippen LogP contribution < -0.4 is 20.5 Å². The molecule has 3 N–H and O–H groups in total. The Hall–Kier alpha value is -2.17. The molecule has 0 spiro atoms. The van der Waals surface area contributed by atoms with E-state index in [1.807, 2.05) is 25.1 Å². The third-order valence-electron chi connectivity index (χ3n) is 3.54. The fraction of sp³-hybridized carbons (Fsp3) is 0.278. The number of guanidine groups is 1. The Bertz CT molecular complexity index is 765.